The normalized spacial score (nSPS) is 23.8. The van der Waals surface area contributed by atoms with Gasteiger partial charge in [-0.15, -0.1) is 0 Å². The van der Waals surface area contributed by atoms with Gasteiger partial charge in [0.25, 0.3) is 0 Å². The topological polar surface area (TPSA) is 149 Å². The molecule has 1 aromatic heterocycles. The average Bonchev–Trinajstić information content (AvgIpc) is 3.55. The van der Waals surface area contributed by atoms with Crippen molar-refractivity contribution in [2.75, 3.05) is 6.61 Å². The summed E-state index contributed by atoms with van der Waals surface area (Å²) >= 11 is 5.96. The lowest BCUT2D eigenvalue weighted by molar-refractivity contribution is -0.239. The highest BCUT2D eigenvalue weighted by atomic mass is 32.1. The predicted octanol–water partition coefficient (Wildman–Crippen LogP) is 3.25. The number of aromatic nitrogens is 3. The summed E-state index contributed by atoms with van der Waals surface area (Å²) in [5.74, 6) is -1.20. The van der Waals surface area contributed by atoms with Gasteiger partial charge in [0.2, 0.25) is 10.7 Å². The molecule has 1 aromatic carbocycles. The van der Waals surface area contributed by atoms with Gasteiger partial charge < -0.3 is 29.0 Å². The summed E-state index contributed by atoms with van der Waals surface area (Å²) in [6, 6.07) is 6.64. The van der Waals surface area contributed by atoms with Gasteiger partial charge in [-0.25, -0.2) is 4.68 Å². The van der Waals surface area contributed by atoms with E-state index in [1.807, 2.05) is 35.8 Å². The number of ether oxygens (including phenoxy) is 5. The largest absolute Gasteiger partial charge is 0.486 e. The van der Waals surface area contributed by atoms with E-state index in [9.17, 15) is 19.2 Å². The Morgan fingerprint density at radius 1 is 1.02 bits per heavy atom. The Bertz CT molecular complexity index is 1400. The van der Waals surface area contributed by atoms with Gasteiger partial charge in [0, 0.05) is 33.7 Å². The Labute approximate surface area is 254 Å². The average molecular weight is 619 g/mol. The molecule has 1 N–H and O–H groups in total. The molecule has 13 nitrogen and oxygen atoms in total. The molecule has 5 atom stereocenters. The zero-order valence-corrected chi connectivity index (χ0v) is 25.8. The van der Waals surface area contributed by atoms with Crippen molar-refractivity contribution in [2.45, 2.75) is 104 Å². The molecule has 43 heavy (non-hydrogen) atoms. The van der Waals surface area contributed by atoms with Crippen molar-refractivity contribution in [1.29, 1.82) is 0 Å². The van der Waals surface area contributed by atoms with E-state index >= 15 is 0 Å². The third kappa shape index (κ3) is 7.99. The van der Waals surface area contributed by atoms with Crippen LogP contribution in [0.3, 0.4) is 0 Å². The minimum atomic E-state index is -1.23. The minimum Gasteiger partial charge on any atom is -0.486 e. The van der Waals surface area contributed by atoms with Crippen LogP contribution in [-0.2, 0) is 44.7 Å². The third-order valence-corrected chi connectivity index (χ3v) is 7.67. The summed E-state index contributed by atoms with van der Waals surface area (Å²) in [5.41, 5.74) is 1.04. The first kappa shape index (κ1) is 32.1. The summed E-state index contributed by atoms with van der Waals surface area (Å²) in [5, 5.41) is 7.60. The van der Waals surface area contributed by atoms with Crippen LogP contribution in [0.15, 0.2) is 24.3 Å². The maximum absolute atomic E-state index is 12.4. The summed E-state index contributed by atoms with van der Waals surface area (Å²) < 4.78 is 32.6. The van der Waals surface area contributed by atoms with E-state index in [0.29, 0.717) is 16.3 Å². The number of hydrogen-bond donors (Lipinski definition) is 1. The number of carbonyl (C=O) groups is 4. The van der Waals surface area contributed by atoms with Crippen molar-refractivity contribution in [1.82, 2.24) is 19.7 Å². The number of amides is 1. The fraction of sp³-hybridized carbons (Fsp3) is 0.586. The van der Waals surface area contributed by atoms with Crippen molar-refractivity contribution in [3.8, 4) is 5.75 Å². The lowest BCUT2D eigenvalue weighted by Gasteiger charge is -2.45. The zero-order chi connectivity index (χ0) is 31.3. The molecule has 4 rings (SSSR count). The molecule has 1 amide bonds. The third-order valence-electron chi connectivity index (χ3n) is 7.28. The van der Waals surface area contributed by atoms with Crippen LogP contribution in [0.25, 0.3) is 0 Å². The van der Waals surface area contributed by atoms with Gasteiger partial charge in [0.15, 0.2) is 24.3 Å². The maximum Gasteiger partial charge on any atom is 0.303 e. The van der Waals surface area contributed by atoms with E-state index in [-0.39, 0.29) is 19.3 Å². The SMILES string of the molecule is CC(=O)N[C@@H]1[C@@H](OC(C)=O)[C@H](OC(C)=O)[C@@H](COC(C)=O)O[C@H]1n1nc(COc2cccc(C)c2)n(C2CCCC2)c1=S. The molecule has 0 bridgehead atoms. The Morgan fingerprint density at radius 2 is 1.70 bits per heavy atom. The van der Waals surface area contributed by atoms with Gasteiger partial charge >= 0.3 is 17.9 Å². The molecular formula is C29H38N4O9S. The van der Waals surface area contributed by atoms with Crippen LogP contribution in [0.1, 0.15) is 77.0 Å². The number of rotatable bonds is 10. The lowest BCUT2D eigenvalue weighted by atomic mass is 9.95. The summed E-state index contributed by atoms with van der Waals surface area (Å²) in [4.78, 5) is 48.5. The van der Waals surface area contributed by atoms with E-state index in [2.05, 4.69) is 5.32 Å². The number of esters is 3. The molecule has 2 aromatic rings. The number of hydrogen-bond acceptors (Lipinski definition) is 11. The molecule has 0 unspecified atom stereocenters. The van der Waals surface area contributed by atoms with Gasteiger partial charge in [-0.3, -0.25) is 23.7 Å². The minimum absolute atomic E-state index is 0.0788. The van der Waals surface area contributed by atoms with Gasteiger partial charge in [-0.2, -0.15) is 5.10 Å². The molecule has 2 aliphatic rings. The lowest BCUT2D eigenvalue weighted by Crippen LogP contribution is -2.64. The van der Waals surface area contributed by atoms with Crippen molar-refractivity contribution < 1.29 is 42.9 Å². The first-order chi connectivity index (χ1) is 20.4. The number of aryl methyl sites for hydroxylation is 1. The number of nitrogens with zero attached hydrogens (tertiary/aromatic N) is 3. The van der Waals surface area contributed by atoms with Crippen LogP contribution in [0.5, 0.6) is 5.75 Å². The molecule has 234 valence electrons. The fourth-order valence-corrected chi connectivity index (χ4v) is 6.00. The van der Waals surface area contributed by atoms with Crippen molar-refractivity contribution in [3.63, 3.8) is 0 Å². The molecule has 0 radical (unpaired) electrons. The van der Waals surface area contributed by atoms with Gasteiger partial charge in [0.05, 0.1) is 0 Å². The summed E-state index contributed by atoms with van der Waals surface area (Å²) in [7, 11) is 0. The highest BCUT2D eigenvalue weighted by Gasteiger charge is 2.52. The fourth-order valence-electron chi connectivity index (χ4n) is 5.60. The first-order valence-corrected chi connectivity index (χ1v) is 14.6. The molecule has 1 aliphatic heterocycles. The molecule has 1 saturated heterocycles. The maximum atomic E-state index is 12.4. The smallest absolute Gasteiger partial charge is 0.303 e. The molecule has 2 heterocycles. The zero-order valence-electron chi connectivity index (χ0n) is 24.9. The second-order valence-electron chi connectivity index (χ2n) is 10.8. The molecule has 2 fully saturated rings. The van der Waals surface area contributed by atoms with E-state index in [1.54, 1.807) is 0 Å². The van der Waals surface area contributed by atoms with Gasteiger partial charge in [-0.1, -0.05) is 25.0 Å². The van der Waals surface area contributed by atoms with E-state index in [0.717, 1.165) is 31.2 Å². The van der Waals surface area contributed by atoms with Crippen LogP contribution in [-0.4, -0.2) is 69.1 Å². The van der Waals surface area contributed by atoms with Crippen LogP contribution < -0.4 is 10.1 Å². The molecule has 0 spiro atoms. The monoisotopic (exact) mass is 618 g/mol. The molecule has 1 saturated carbocycles. The highest BCUT2D eigenvalue weighted by Crippen LogP contribution is 2.36. The predicted molar refractivity (Wildman–Crippen MR) is 153 cm³/mol. The van der Waals surface area contributed by atoms with Crippen molar-refractivity contribution in [2.24, 2.45) is 0 Å². The van der Waals surface area contributed by atoms with Crippen molar-refractivity contribution in [3.05, 3.63) is 40.4 Å². The highest BCUT2D eigenvalue weighted by molar-refractivity contribution is 7.71. The second kappa shape index (κ2) is 14.1. The quantitative estimate of drug-likeness (QED) is 0.238. The Hall–Kier alpha value is -3.78. The Balaban J connectivity index is 1.80. The van der Waals surface area contributed by atoms with Crippen LogP contribution in [0.2, 0.25) is 0 Å². The standard InChI is InChI=1S/C29H38N4O9S/c1-16-9-8-12-22(13-16)39-15-24-31-33(29(43)32(24)21-10-6-7-11-21)28-25(30-17(2)34)27(41-20(5)37)26(40-19(4)36)23(42-28)14-38-18(3)35/h8-9,12-13,21,23,25-28H,6-7,10-11,14-15H2,1-5H3,(H,30,34)/t23-,25-,26-,27-,28-/m1/s1. The number of carbonyl (C=O) groups excluding carboxylic acids is 4. The van der Waals surface area contributed by atoms with Gasteiger partial charge in [-0.05, 0) is 49.7 Å². The number of nitrogens with one attached hydrogen (secondary N) is 1. The summed E-state index contributed by atoms with van der Waals surface area (Å²) in [6.07, 6.45) is -0.791. The van der Waals surface area contributed by atoms with Crippen LogP contribution in [0, 0.1) is 11.7 Å². The Kier molecular flexibility index (Phi) is 10.6. The van der Waals surface area contributed by atoms with Crippen LogP contribution in [0.4, 0.5) is 0 Å². The molecular weight excluding hydrogens is 580 g/mol. The second-order valence-corrected chi connectivity index (χ2v) is 11.2. The Morgan fingerprint density at radius 3 is 2.30 bits per heavy atom. The van der Waals surface area contributed by atoms with E-state index in [4.69, 9.17) is 41.0 Å². The molecule has 1 aliphatic carbocycles. The van der Waals surface area contributed by atoms with E-state index < -0.39 is 54.4 Å². The van der Waals surface area contributed by atoms with E-state index in [1.165, 1.54) is 32.4 Å². The molecule has 14 heteroatoms. The summed E-state index contributed by atoms with van der Waals surface area (Å²) in [6.45, 7) is 6.66. The number of benzene rings is 1. The first-order valence-electron chi connectivity index (χ1n) is 14.2. The van der Waals surface area contributed by atoms with Crippen LogP contribution >= 0.6 is 12.2 Å². The van der Waals surface area contributed by atoms with Crippen molar-refractivity contribution >= 4 is 36.0 Å². The van der Waals surface area contributed by atoms with Gasteiger partial charge in [0.1, 0.15) is 31.1 Å².